The van der Waals surface area contributed by atoms with Crippen molar-refractivity contribution in [1.82, 2.24) is 20.1 Å². The van der Waals surface area contributed by atoms with Crippen molar-refractivity contribution in [2.45, 2.75) is 45.8 Å². The van der Waals surface area contributed by atoms with Gasteiger partial charge in [-0.2, -0.15) is 0 Å². The Morgan fingerprint density at radius 3 is 2.81 bits per heavy atom. The highest BCUT2D eigenvalue weighted by Gasteiger charge is 2.22. The summed E-state index contributed by atoms with van der Waals surface area (Å²) < 4.78 is 11.2. The first-order chi connectivity index (χ1) is 15.5. The number of thiocarbonyl (C=S) groups is 1. The number of hydrogen-bond donors (Lipinski definition) is 2. The van der Waals surface area contributed by atoms with E-state index in [2.05, 4.69) is 33.9 Å². The first kappa shape index (κ1) is 24.5. The van der Waals surface area contributed by atoms with Crippen LogP contribution in [0, 0.1) is 0 Å². The molecule has 1 aromatic carbocycles. The Hall–Kier alpha value is -2.16. The average molecular weight is 461 g/mol. The zero-order valence-electron chi connectivity index (χ0n) is 19.5. The lowest BCUT2D eigenvalue weighted by Crippen LogP contribution is -2.44. The molecule has 0 amide bonds. The van der Waals surface area contributed by atoms with Gasteiger partial charge in [-0.1, -0.05) is 13.8 Å². The lowest BCUT2D eigenvalue weighted by atomic mass is 10.1. The second-order valence-corrected chi connectivity index (χ2v) is 8.59. The van der Waals surface area contributed by atoms with E-state index >= 15 is 0 Å². The van der Waals surface area contributed by atoms with Gasteiger partial charge in [0.15, 0.2) is 5.11 Å². The topological polar surface area (TPSA) is 69.8 Å². The van der Waals surface area contributed by atoms with Crippen LogP contribution in [-0.2, 0) is 11.3 Å². The number of pyridine rings is 1. The van der Waals surface area contributed by atoms with E-state index in [1.165, 1.54) is 0 Å². The van der Waals surface area contributed by atoms with Crippen LogP contribution in [-0.4, -0.2) is 72.4 Å². The standard InChI is InChI=1S/C24H36N4O3S/c1-4-27(5-2)12-7-11-25-24(32)28(17-21-8-6-13-31-21)16-19-14-18-15-20(30-3)9-10-22(18)26-23(19)29/h9-10,14-15,21H,4-8,11-13,16-17H2,1-3H3,(H,25,32)(H,26,29)/t21-/m1/s1. The first-order valence-electron chi connectivity index (χ1n) is 11.6. The van der Waals surface area contributed by atoms with Crippen molar-refractivity contribution >= 4 is 28.2 Å². The van der Waals surface area contributed by atoms with Gasteiger partial charge in [0.05, 0.1) is 19.8 Å². The molecule has 2 N–H and O–H groups in total. The summed E-state index contributed by atoms with van der Waals surface area (Å²) in [5.74, 6) is 0.761. The van der Waals surface area contributed by atoms with Gasteiger partial charge in [-0.15, -0.1) is 0 Å². The van der Waals surface area contributed by atoms with Crippen LogP contribution in [0.1, 0.15) is 38.7 Å². The number of nitrogens with zero attached hydrogens (tertiary/aromatic N) is 2. The number of nitrogens with one attached hydrogen (secondary N) is 2. The molecule has 2 heterocycles. The number of aromatic amines is 1. The Bertz CT molecular complexity index is 938. The number of fused-ring (bicyclic) bond motifs is 1. The van der Waals surface area contributed by atoms with Crippen LogP contribution in [0.3, 0.4) is 0 Å². The van der Waals surface area contributed by atoms with Crippen LogP contribution in [0.2, 0.25) is 0 Å². The Labute approximate surface area is 196 Å². The van der Waals surface area contributed by atoms with Crippen LogP contribution < -0.4 is 15.6 Å². The minimum atomic E-state index is -0.0932. The molecule has 3 rings (SSSR count). The molecule has 0 bridgehead atoms. The highest BCUT2D eigenvalue weighted by Crippen LogP contribution is 2.20. The second kappa shape index (κ2) is 12.2. The number of methoxy groups -OCH3 is 1. The van der Waals surface area contributed by atoms with E-state index in [0.29, 0.717) is 23.8 Å². The molecule has 0 aliphatic carbocycles. The molecule has 1 aromatic heterocycles. The minimum absolute atomic E-state index is 0.0932. The maximum absolute atomic E-state index is 12.8. The van der Waals surface area contributed by atoms with E-state index in [1.54, 1.807) is 7.11 Å². The van der Waals surface area contributed by atoms with Crippen LogP contribution in [0.15, 0.2) is 29.1 Å². The van der Waals surface area contributed by atoms with Gasteiger partial charge in [-0.05, 0) is 75.4 Å². The predicted molar refractivity (Wildman–Crippen MR) is 134 cm³/mol. The lowest BCUT2D eigenvalue weighted by Gasteiger charge is -2.28. The molecule has 2 aromatic rings. The molecule has 0 spiro atoms. The SMILES string of the molecule is CCN(CC)CCCNC(=S)N(Cc1cc2cc(OC)ccc2[nH]c1=O)C[C@H]1CCCO1. The number of H-pyrrole nitrogens is 1. The summed E-state index contributed by atoms with van der Waals surface area (Å²) in [5.41, 5.74) is 1.38. The molecular weight excluding hydrogens is 424 g/mol. The molecule has 1 saturated heterocycles. The van der Waals surface area contributed by atoms with E-state index < -0.39 is 0 Å². The molecule has 0 radical (unpaired) electrons. The Morgan fingerprint density at radius 1 is 1.31 bits per heavy atom. The second-order valence-electron chi connectivity index (χ2n) is 8.20. The van der Waals surface area contributed by atoms with Gasteiger partial charge in [0.2, 0.25) is 0 Å². The van der Waals surface area contributed by atoms with Crippen LogP contribution in [0.4, 0.5) is 0 Å². The molecule has 8 heteroatoms. The van der Waals surface area contributed by atoms with Crippen molar-refractivity contribution in [2.24, 2.45) is 0 Å². The van der Waals surface area contributed by atoms with Crippen molar-refractivity contribution in [1.29, 1.82) is 0 Å². The minimum Gasteiger partial charge on any atom is -0.497 e. The van der Waals surface area contributed by atoms with Gasteiger partial charge in [-0.3, -0.25) is 4.79 Å². The van der Waals surface area contributed by atoms with Gasteiger partial charge in [-0.25, -0.2) is 0 Å². The third-order valence-electron chi connectivity index (χ3n) is 6.05. The summed E-state index contributed by atoms with van der Waals surface area (Å²) >= 11 is 5.74. The van der Waals surface area contributed by atoms with E-state index in [0.717, 1.165) is 68.7 Å². The van der Waals surface area contributed by atoms with Crippen LogP contribution in [0.5, 0.6) is 5.75 Å². The van der Waals surface area contributed by atoms with Crippen molar-refractivity contribution in [3.8, 4) is 5.75 Å². The Kier molecular flexibility index (Phi) is 9.32. The molecule has 32 heavy (non-hydrogen) atoms. The molecule has 7 nitrogen and oxygen atoms in total. The molecule has 1 atom stereocenters. The maximum atomic E-state index is 12.8. The summed E-state index contributed by atoms with van der Waals surface area (Å²) in [6.07, 6.45) is 3.25. The van der Waals surface area contributed by atoms with Crippen LogP contribution in [0.25, 0.3) is 10.9 Å². The summed E-state index contributed by atoms with van der Waals surface area (Å²) in [4.78, 5) is 20.2. The monoisotopic (exact) mass is 460 g/mol. The summed E-state index contributed by atoms with van der Waals surface area (Å²) in [7, 11) is 1.64. The Morgan fingerprint density at radius 2 is 2.12 bits per heavy atom. The van der Waals surface area contributed by atoms with Crippen molar-refractivity contribution < 1.29 is 9.47 Å². The fourth-order valence-corrected chi connectivity index (χ4v) is 4.32. The molecule has 1 aliphatic heterocycles. The third kappa shape index (κ3) is 6.67. The summed E-state index contributed by atoms with van der Waals surface area (Å²) in [5, 5.41) is 5.01. The Balaban J connectivity index is 1.71. The number of rotatable bonds is 11. The van der Waals surface area contributed by atoms with Crippen molar-refractivity contribution in [2.75, 3.05) is 46.4 Å². The smallest absolute Gasteiger partial charge is 0.253 e. The van der Waals surface area contributed by atoms with Gasteiger partial charge in [0.1, 0.15) is 5.75 Å². The molecule has 0 unspecified atom stereocenters. The van der Waals surface area contributed by atoms with Gasteiger partial charge >= 0.3 is 0 Å². The third-order valence-corrected chi connectivity index (χ3v) is 6.45. The fraction of sp³-hybridized carbons (Fsp3) is 0.583. The fourth-order valence-electron chi connectivity index (χ4n) is 4.08. The first-order valence-corrected chi connectivity index (χ1v) is 12.0. The largest absolute Gasteiger partial charge is 0.497 e. The summed E-state index contributed by atoms with van der Waals surface area (Å²) in [6.45, 7) is 10.2. The average Bonchev–Trinajstić information content (AvgIpc) is 3.32. The normalized spacial score (nSPS) is 15.9. The van der Waals surface area contributed by atoms with Crippen LogP contribution >= 0.6 is 12.2 Å². The van der Waals surface area contributed by atoms with E-state index in [1.807, 2.05) is 24.3 Å². The molecule has 0 saturated carbocycles. The summed E-state index contributed by atoms with van der Waals surface area (Å²) in [6, 6.07) is 7.58. The zero-order chi connectivity index (χ0) is 22.9. The number of ether oxygens (including phenoxy) is 2. The van der Waals surface area contributed by atoms with E-state index in [9.17, 15) is 4.79 Å². The lowest BCUT2D eigenvalue weighted by molar-refractivity contribution is 0.0896. The number of hydrogen-bond acceptors (Lipinski definition) is 5. The molecule has 1 aliphatic rings. The van der Waals surface area contributed by atoms with E-state index in [4.69, 9.17) is 21.7 Å². The van der Waals surface area contributed by atoms with E-state index in [-0.39, 0.29) is 11.7 Å². The number of benzene rings is 1. The highest BCUT2D eigenvalue weighted by atomic mass is 32.1. The van der Waals surface area contributed by atoms with Gasteiger partial charge in [0.25, 0.3) is 5.56 Å². The van der Waals surface area contributed by atoms with Gasteiger partial charge < -0.3 is 29.6 Å². The zero-order valence-corrected chi connectivity index (χ0v) is 20.3. The molecule has 176 valence electrons. The van der Waals surface area contributed by atoms with Gasteiger partial charge in [0, 0.05) is 36.2 Å². The maximum Gasteiger partial charge on any atom is 0.253 e. The van der Waals surface area contributed by atoms with Crippen molar-refractivity contribution in [3.63, 3.8) is 0 Å². The predicted octanol–water partition coefficient (Wildman–Crippen LogP) is 3.12. The van der Waals surface area contributed by atoms with Crippen molar-refractivity contribution in [3.05, 3.63) is 40.2 Å². The molecule has 1 fully saturated rings. The molecular formula is C24H36N4O3S. The number of aromatic nitrogens is 1. The highest BCUT2D eigenvalue weighted by molar-refractivity contribution is 7.80. The quantitative estimate of drug-likeness (QED) is 0.394.